The molecule has 3 atom stereocenters. The summed E-state index contributed by atoms with van der Waals surface area (Å²) >= 11 is 6.08. The number of nitrogens with zero attached hydrogens (tertiary/aromatic N) is 1. The molecule has 0 saturated carbocycles. The van der Waals surface area contributed by atoms with E-state index in [0.29, 0.717) is 11.8 Å². The quantitative estimate of drug-likeness (QED) is 0.709. The lowest BCUT2D eigenvalue weighted by molar-refractivity contribution is 0.0792. The fraction of sp³-hybridized carbons (Fsp3) is 0.348. The molecule has 0 unspecified atom stereocenters. The van der Waals surface area contributed by atoms with E-state index in [-0.39, 0.29) is 11.9 Å². The molecule has 1 saturated heterocycles. The number of hydrogen-bond donors (Lipinski definition) is 1. The van der Waals surface area contributed by atoms with Crippen LogP contribution in [0, 0.1) is 5.92 Å². The maximum absolute atomic E-state index is 12.8. The van der Waals surface area contributed by atoms with E-state index in [4.69, 9.17) is 11.6 Å². The lowest BCUT2D eigenvalue weighted by Crippen LogP contribution is -2.30. The Morgan fingerprint density at radius 1 is 1.07 bits per heavy atom. The first-order valence-electron chi connectivity index (χ1n) is 9.82. The number of amides is 1. The van der Waals surface area contributed by atoms with Crippen molar-refractivity contribution in [2.75, 3.05) is 18.4 Å². The molecular formula is C23H23ClN2O. The number of nitrogens with one attached hydrogen (secondary N) is 1. The molecule has 4 heteroatoms. The lowest BCUT2D eigenvalue weighted by atomic mass is 9.76. The molecular weight excluding hydrogens is 356 g/mol. The van der Waals surface area contributed by atoms with E-state index in [0.717, 1.165) is 48.6 Å². The summed E-state index contributed by atoms with van der Waals surface area (Å²) in [5.74, 6) is 0.998. The normalized spacial score (nSPS) is 25.8. The molecule has 0 radical (unpaired) electrons. The number of hydrogen-bond acceptors (Lipinski definition) is 2. The Morgan fingerprint density at radius 3 is 2.63 bits per heavy atom. The highest BCUT2D eigenvalue weighted by molar-refractivity contribution is 6.30. The summed E-state index contributed by atoms with van der Waals surface area (Å²) in [5, 5.41) is 4.50. The average molecular weight is 379 g/mol. The van der Waals surface area contributed by atoms with Gasteiger partial charge in [-0.15, -0.1) is 0 Å². The second-order valence-corrected chi connectivity index (χ2v) is 8.26. The molecule has 0 spiro atoms. The number of rotatable bonds is 2. The van der Waals surface area contributed by atoms with E-state index in [9.17, 15) is 4.79 Å². The minimum absolute atomic E-state index is 0.175. The average Bonchev–Trinajstić information content (AvgIpc) is 3.39. The molecule has 0 bridgehead atoms. The van der Waals surface area contributed by atoms with Gasteiger partial charge in [-0.2, -0.15) is 0 Å². The van der Waals surface area contributed by atoms with Gasteiger partial charge in [-0.25, -0.2) is 0 Å². The highest BCUT2D eigenvalue weighted by Gasteiger charge is 2.38. The summed E-state index contributed by atoms with van der Waals surface area (Å²) in [6.45, 7) is 1.78. The molecule has 27 heavy (non-hydrogen) atoms. The number of benzene rings is 2. The second-order valence-electron chi connectivity index (χ2n) is 7.83. The highest BCUT2D eigenvalue weighted by atomic mass is 35.5. The number of anilines is 1. The van der Waals surface area contributed by atoms with Gasteiger partial charge in [0, 0.05) is 35.3 Å². The van der Waals surface area contributed by atoms with E-state index < -0.39 is 0 Å². The Balaban J connectivity index is 1.49. The van der Waals surface area contributed by atoms with Gasteiger partial charge in [0.1, 0.15) is 0 Å². The van der Waals surface area contributed by atoms with Gasteiger partial charge in [-0.3, -0.25) is 4.79 Å². The third kappa shape index (κ3) is 2.94. The maximum Gasteiger partial charge on any atom is 0.253 e. The van der Waals surface area contributed by atoms with E-state index >= 15 is 0 Å². The van der Waals surface area contributed by atoms with E-state index in [1.165, 1.54) is 11.1 Å². The molecule has 2 heterocycles. The Labute approximate surface area is 165 Å². The molecule has 0 aromatic heterocycles. The van der Waals surface area contributed by atoms with Crippen molar-refractivity contribution in [2.24, 2.45) is 5.92 Å². The molecule has 2 aromatic carbocycles. The monoisotopic (exact) mass is 378 g/mol. The zero-order chi connectivity index (χ0) is 18.4. The number of carbonyl (C=O) groups excluding carboxylic acids is 1. The molecule has 138 valence electrons. The van der Waals surface area contributed by atoms with Crippen LogP contribution in [0.4, 0.5) is 5.69 Å². The van der Waals surface area contributed by atoms with Gasteiger partial charge < -0.3 is 10.2 Å². The zero-order valence-corrected chi connectivity index (χ0v) is 16.0. The third-order valence-corrected chi connectivity index (χ3v) is 6.48. The number of halogens is 1. The molecule has 2 aromatic rings. The number of fused-ring (bicyclic) bond motifs is 3. The van der Waals surface area contributed by atoms with Crippen LogP contribution < -0.4 is 5.32 Å². The first-order chi connectivity index (χ1) is 13.2. The van der Waals surface area contributed by atoms with Crippen LogP contribution in [0.15, 0.2) is 54.6 Å². The first kappa shape index (κ1) is 16.9. The lowest BCUT2D eigenvalue weighted by Gasteiger charge is -2.37. The Hall–Kier alpha value is -2.26. The van der Waals surface area contributed by atoms with Crippen molar-refractivity contribution >= 4 is 23.2 Å². The molecule has 1 fully saturated rings. The second kappa shape index (κ2) is 6.72. The number of likely N-dealkylation sites (tertiary alicyclic amines) is 1. The fourth-order valence-corrected chi connectivity index (χ4v) is 4.96. The van der Waals surface area contributed by atoms with Crippen LogP contribution in [0.1, 0.15) is 52.7 Å². The Morgan fingerprint density at radius 2 is 1.85 bits per heavy atom. The van der Waals surface area contributed by atoms with Gasteiger partial charge in [-0.1, -0.05) is 35.9 Å². The Kier molecular flexibility index (Phi) is 4.20. The minimum Gasteiger partial charge on any atom is -0.378 e. The fourth-order valence-electron chi connectivity index (χ4n) is 4.83. The predicted molar refractivity (Wildman–Crippen MR) is 109 cm³/mol. The van der Waals surface area contributed by atoms with Gasteiger partial charge in [0.2, 0.25) is 0 Å². The third-order valence-electron chi connectivity index (χ3n) is 6.23. The van der Waals surface area contributed by atoms with Crippen LogP contribution in [0.25, 0.3) is 0 Å². The topological polar surface area (TPSA) is 32.3 Å². The van der Waals surface area contributed by atoms with Crippen LogP contribution in [0.5, 0.6) is 0 Å². The van der Waals surface area contributed by atoms with Crippen molar-refractivity contribution in [3.63, 3.8) is 0 Å². The van der Waals surface area contributed by atoms with Crippen LogP contribution in [-0.2, 0) is 0 Å². The molecule has 2 aliphatic heterocycles. The highest BCUT2D eigenvalue weighted by Crippen LogP contribution is 2.50. The van der Waals surface area contributed by atoms with Crippen LogP contribution in [-0.4, -0.2) is 23.9 Å². The van der Waals surface area contributed by atoms with Crippen molar-refractivity contribution < 1.29 is 4.79 Å². The summed E-state index contributed by atoms with van der Waals surface area (Å²) in [6, 6.07) is 14.6. The van der Waals surface area contributed by atoms with Crippen molar-refractivity contribution in [3.05, 3.63) is 76.3 Å². The molecule has 1 aliphatic carbocycles. The Bertz CT molecular complexity index is 899. The molecule has 3 aliphatic rings. The van der Waals surface area contributed by atoms with Crippen molar-refractivity contribution in [1.82, 2.24) is 4.90 Å². The summed E-state index contributed by atoms with van der Waals surface area (Å²) in [5.41, 5.74) is 4.48. The van der Waals surface area contributed by atoms with Crippen molar-refractivity contribution in [3.8, 4) is 0 Å². The van der Waals surface area contributed by atoms with E-state index in [2.05, 4.69) is 41.7 Å². The van der Waals surface area contributed by atoms with Crippen LogP contribution in [0.2, 0.25) is 5.02 Å². The smallest absolute Gasteiger partial charge is 0.253 e. The van der Waals surface area contributed by atoms with Gasteiger partial charge in [0.25, 0.3) is 5.91 Å². The van der Waals surface area contributed by atoms with Gasteiger partial charge in [-0.05, 0) is 66.6 Å². The summed E-state index contributed by atoms with van der Waals surface area (Å²) in [4.78, 5) is 14.8. The summed E-state index contributed by atoms with van der Waals surface area (Å²) in [7, 11) is 0. The minimum atomic E-state index is 0.175. The SMILES string of the molecule is O=C(c1ccc2c(c1)[C@@H]1C=CC[C@@H]1[C@@H](c1ccc(Cl)cc1)N2)N1CCCC1. The zero-order valence-electron chi connectivity index (χ0n) is 15.2. The van der Waals surface area contributed by atoms with Crippen LogP contribution in [0.3, 0.4) is 0 Å². The van der Waals surface area contributed by atoms with Gasteiger partial charge in [0.15, 0.2) is 0 Å². The molecule has 3 nitrogen and oxygen atoms in total. The first-order valence-corrected chi connectivity index (χ1v) is 10.2. The standard InChI is InChI=1S/C23H23ClN2O/c24-17-9-6-15(7-10-17)22-19-5-3-4-18(19)20-14-16(8-11-21(20)25-22)23(27)26-12-1-2-13-26/h3-4,6-11,14,18-19,22,25H,1-2,5,12-13H2/t18-,19+,22-/m1/s1. The molecule has 1 N–H and O–H groups in total. The summed E-state index contributed by atoms with van der Waals surface area (Å²) < 4.78 is 0. The number of allylic oxidation sites excluding steroid dienone is 2. The molecule has 1 amide bonds. The van der Waals surface area contributed by atoms with Gasteiger partial charge >= 0.3 is 0 Å². The molecule has 5 rings (SSSR count). The summed E-state index contributed by atoms with van der Waals surface area (Å²) in [6.07, 6.45) is 7.89. The largest absolute Gasteiger partial charge is 0.378 e. The van der Waals surface area contributed by atoms with Crippen molar-refractivity contribution in [2.45, 2.75) is 31.2 Å². The van der Waals surface area contributed by atoms with E-state index in [1.54, 1.807) is 0 Å². The van der Waals surface area contributed by atoms with E-state index in [1.807, 2.05) is 23.1 Å². The van der Waals surface area contributed by atoms with Crippen LogP contribution >= 0.6 is 11.6 Å². The maximum atomic E-state index is 12.8. The predicted octanol–water partition coefficient (Wildman–Crippen LogP) is 5.40. The number of carbonyl (C=O) groups is 1. The van der Waals surface area contributed by atoms with Crippen molar-refractivity contribution in [1.29, 1.82) is 0 Å². The van der Waals surface area contributed by atoms with Gasteiger partial charge in [0.05, 0.1) is 6.04 Å².